The lowest BCUT2D eigenvalue weighted by molar-refractivity contribution is -0.135. The van der Waals surface area contributed by atoms with E-state index in [2.05, 4.69) is 33.4 Å². The standard InChI is InChI=1S/C27H46O3/c1-18(2)7-6-16-26(4,30)24-14-13-23-20(11-15-25(29)27(23,24)5)9-10-21-17-22(28)12-8-19(21)3/h10,18,20,22-25,28-30H,3,6-9,11-17H2,1-2,4-5H3/b21-10+/t20?,22-,23-,24-,25?,26+,27+/m0/s1. The lowest BCUT2D eigenvalue weighted by Gasteiger charge is -2.51. The van der Waals surface area contributed by atoms with Crippen molar-refractivity contribution in [2.24, 2.45) is 29.1 Å². The highest BCUT2D eigenvalue weighted by Crippen LogP contribution is 2.61. The van der Waals surface area contributed by atoms with E-state index < -0.39 is 5.60 Å². The van der Waals surface area contributed by atoms with Crippen LogP contribution in [-0.4, -0.2) is 33.1 Å². The van der Waals surface area contributed by atoms with Gasteiger partial charge in [0.1, 0.15) is 0 Å². The predicted molar refractivity (Wildman–Crippen MR) is 124 cm³/mol. The third-order valence-corrected chi connectivity index (χ3v) is 8.99. The molecule has 3 rings (SSSR count). The van der Waals surface area contributed by atoms with Gasteiger partial charge in [0.05, 0.1) is 17.8 Å². The number of fused-ring (bicyclic) bond motifs is 1. The van der Waals surface area contributed by atoms with Gasteiger partial charge in [-0.25, -0.2) is 0 Å². The van der Waals surface area contributed by atoms with Gasteiger partial charge in [-0.1, -0.05) is 51.8 Å². The summed E-state index contributed by atoms with van der Waals surface area (Å²) in [4.78, 5) is 0. The molecule has 0 heterocycles. The first kappa shape index (κ1) is 24.0. The minimum atomic E-state index is -0.707. The molecule has 3 aliphatic rings. The zero-order valence-corrected chi connectivity index (χ0v) is 19.9. The van der Waals surface area contributed by atoms with Crippen LogP contribution >= 0.6 is 0 Å². The largest absolute Gasteiger partial charge is 0.393 e. The molecule has 0 aromatic heterocycles. The van der Waals surface area contributed by atoms with Gasteiger partial charge in [0.2, 0.25) is 0 Å². The Morgan fingerprint density at radius 1 is 1.17 bits per heavy atom. The first-order valence-electron chi connectivity index (χ1n) is 12.5. The van der Waals surface area contributed by atoms with Crippen molar-refractivity contribution in [1.29, 1.82) is 0 Å². The number of aliphatic hydroxyl groups excluding tert-OH is 2. The van der Waals surface area contributed by atoms with E-state index in [4.69, 9.17) is 0 Å². The van der Waals surface area contributed by atoms with Crippen LogP contribution in [0.4, 0.5) is 0 Å². The van der Waals surface area contributed by atoms with Crippen molar-refractivity contribution in [3.8, 4) is 0 Å². The van der Waals surface area contributed by atoms with Gasteiger partial charge in [-0.05, 0) is 94.0 Å². The third-order valence-electron chi connectivity index (χ3n) is 8.99. The van der Waals surface area contributed by atoms with Crippen LogP contribution in [0.5, 0.6) is 0 Å². The molecule has 3 fully saturated rings. The number of hydrogen-bond acceptors (Lipinski definition) is 3. The van der Waals surface area contributed by atoms with Gasteiger partial charge < -0.3 is 15.3 Å². The van der Waals surface area contributed by atoms with Crippen molar-refractivity contribution < 1.29 is 15.3 Å². The maximum atomic E-state index is 11.5. The molecule has 30 heavy (non-hydrogen) atoms. The van der Waals surface area contributed by atoms with Crippen molar-refractivity contribution >= 4 is 0 Å². The van der Waals surface area contributed by atoms with Crippen molar-refractivity contribution in [2.75, 3.05) is 0 Å². The molecule has 0 aromatic rings. The van der Waals surface area contributed by atoms with E-state index in [1.165, 1.54) is 11.1 Å². The zero-order chi connectivity index (χ0) is 22.1. The molecule has 0 amide bonds. The second-order valence-electron chi connectivity index (χ2n) is 11.6. The van der Waals surface area contributed by atoms with Crippen LogP contribution in [0.1, 0.15) is 98.3 Å². The summed E-state index contributed by atoms with van der Waals surface area (Å²) in [6.45, 7) is 13.0. The highest BCUT2D eigenvalue weighted by molar-refractivity contribution is 5.31. The Kier molecular flexibility index (Phi) is 7.58. The van der Waals surface area contributed by atoms with E-state index in [-0.39, 0.29) is 23.5 Å². The first-order valence-corrected chi connectivity index (χ1v) is 12.5. The average molecular weight is 419 g/mol. The molecule has 172 valence electrons. The molecule has 0 spiro atoms. The highest BCUT2D eigenvalue weighted by atomic mass is 16.3. The summed E-state index contributed by atoms with van der Waals surface area (Å²) in [7, 11) is 0. The van der Waals surface area contributed by atoms with E-state index >= 15 is 0 Å². The van der Waals surface area contributed by atoms with Crippen molar-refractivity contribution in [3.05, 3.63) is 23.8 Å². The van der Waals surface area contributed by atoms with Crippen molar-refractivity contribution in [3.63, 3.8) is 0 Å². The molecule has 3 aliphatic carbocycles. The van der Waals surface area contributed by atoms with Crippen LogP contribution in [0.3, 0.4) is 0 Å². The maximum absolute atomic E-state index is 11.5. The first-order chi connectivity index (χ1) is 14.1. The fraction of sp³-hybridized carbons (Fsp3) is 0.852. The van der Waals surface area contributed by atoms with E-state index in [0.717, 1.165) is 70.6 Å². The number of rotatable bonds is 7. The monoisotopic (exact) mass is 418 g/mol. The molecule has 3 N–H and O–H groups in total. The fourth-order valence-corrected chi connectivity index (χ4v) is 7.16. The van der Waals surface area contributed by atoms with Crippen molar-refractivity contribution in [2.45, 2.75) is 116 Å². The Balaban J connectivity index is 1.72. The summed E-state index contributed by atoms with van der Waals surface area (Å²) in [6.07, 6.45) is 12.3. The molecule has 3 saturated carbocycles. The van der Waals surface area contributed by atoms with Gasteiger partial charge >= 0.3 is 0 Å². The van der Waals surface area contributed by atoms with Crippen LogP contribution in [0.15, 0.2) is 23.8 Å². The van der Waals surface area contributed by atoms with E-state index in [1.54, 1.807) is 0 Å². The summed E-state index contributed by atoms with van der Waals surface area (Å²) in [5.41, 5.74) is 1.53. The quantitative estimate of drug-likeness (QED) is 0.491. The predicted octanol–water partition coefficient (Wildman–Crippen LogP) is 5.78. The summed E-state index contributed by atoms with van der Waals surface area (Å²) >= 11 is 0. The van der Waals surface area contributed by atoms with Crippen molar-refractivity contribution in [1.82, 2.24) is 0 Å². The lowest BCUT2D eigenvalue weighted by Crippen LogP contribution is -2.53. The molecule has 7 atom stereocenters. The minimum absolute atomic E-state index is 0.166. The van der Waals surface area contributed by atoms with Crippen LogP contribution in [0, 0.1) is 29.1 Å². The third kappa shape index (κ3) is 4.89. The summed E-state index contributed by atoms with van der Waals surface area (Å²) in [5.74, 6) is 1.84. The molecule has 2 unspecified atom stereocenters. The lowest BCUT2D eigenvalue weighted by atomic mass is 9.56. The Morgan fingerprint density at radius 2 is 1.90 bits per heavy atom. The second-order valence-corrected chi connectivity index (χ2v) is 11.6. The van der Waals surface area contributed by atoms with Gasteiger partial charge in [-0.15, -0.1) is 0 Å². The molecule has 3 heteroatoms. The summed E-state index contributed by atoms with van der Waals surface area (Å²) < 4.78 is 0. The Bertz CT molecular complexity index is 634. The average Bonchev–Trinajstić information content (AvgIpc) is 3.03. The molecular weight excluding hydrogens is 372 g/mol. The Morgan fingerprint density at radius 3 is 2.60 bits per heavy atom. The molecule has 3 nitrogen and oxygen atoms in total. The minimum Gasteiger partial charge on any atom is -0.393 e. The molecule has 0 bridgehead atoms. The zero-order valence-electron chi connectivity index (χ0n) is 19.9. The van der Waals surface area contributed by atoms with Crippen LogP contribution in [0.25, 0.3) is 0 Å². The molecule has 0 saturated heterocycles. The van der Waals surface area contributed by atoms with E-state index in [9.17, 15) is 15.3 Å². The molecule has 0 radical (unpaired) electrons. The SMILES string of the molecule is C=C1CC[C@H](O)C/C1=C\CC1CCC(O)[C@@]2(C)[C@H]([C@](C)(O)CCCC(C)C)CC[C@@H]12. The number of hydrogen-bond donors (Lipinski definition) is 3. The fourth-order valence-electron chi connectivity index (χ4n) is 7.16. The number of aliphatic hydroxyl groups is 3. The molecule has 0 aliphatic heterocycles. The van der Waals surface area contributed by atoms with Crippen LogP contribution in [0.2, 0.25) is 0 Å². The molecule has 0 aromatic carbocycles. The van der Waals surface area contributed by atoms with Gasteiger partial charge in [-0.2, -0.15) is 0 Å². The van der Waals surface area contributed by atoms with Crippen LogP contribution in [-0.2, 0) is 0 Å². The van der Waals surface area contributed by atoms with Crippen LogP contribution < -0.4 is 0 Å². The molecular formula is C27H46O3. The van der Waals surface area contributed by atoms with Gasteiger partial charge in [0.15, 0.2) is 0 Å². The number of allylic oxidation sites excluding steroid dienone is 2. The Labute approximate surface area is 184 Å². The second kappa shape index (κ2) is 9.46. The topological polar surface area (TPSA) is 60.7 Å². The smallest absolute Gasteiger partial charge is 0.0654 e. The normalized spacial score (nSPS) is 40.6. The van der Waals surface area contributed by atoms with E-state index in [0.29, 0.717) is 17.8 Å². The maximum Gasteiger partial charge on any atom is 0.0654 e. The summed E-state index contributed by atoms with van der Waals surface area (Å²) in [6, 6.07) is 0. The van der Waals surface area contributed by atoms with Gasteiger partial charge in [0.25, 0.3) is 0 Å². The van der Waals surface area contributed by atoms with Gasteiger partial charge in [0, 0.05) is 5.41 Å². The highest BCUT2D eigenvalue weighted by Gasteiger charge is 2.59. The van der Waals surface area contributed by atoms with E-state index in [1.807, 2.05) is 6.92 Å². The van der Waals surface area contributed by atoms with Gasteiger partial charge in [-0.3, -0.25) is 0 Å². The Hall–Kier alpha value is -0.640. The summed E-state index contributed by atoms with van der Waals surface area (Å²) in [5, 5.41) is 32.6.